The Bertz CT molecular complexity index is 362. The standard InChI is InChI=1S/C14H22BrN3/c1-3-18(4-2)14-7-8-17(11-14)10-13-6-5-12(15)9-16-13/h5-6,9,14H,3-4,7-8,10-11H2,1-2H3. The van der Waals surface area contributed by atoms with Gasteiger partial charge in [0, 0.05) is 36.3 Å². The van der Waals surface area contributed by atoms with Gasteiger partial charge in [0.25, 0.3) is 0 Å². The molecule has 0 bridgehead atoms. The summed E-state index contributed by atoms with van der Waals surface area (Å²) in [6, 6.07) is 4.91. The lowest BCUT2D eigenvalue weighted by molar-refractivity contribution is 0.208. The summed E-state index contributed by atoms with van der Waals surface area (Å²) in [5.41, 5.74) is 1.17. The number of pyridine rings is 1. The van der Waals surface area contributed by atoms with Gasteiger partial charge in [0.05, 0.1) is 5.69 Å². The highest BCUT2D eigenvalue weighted by Crippen LogP contribution is 2.17. The van der Waals surface area contributed by atoms with Crippen LogP contribution in [0.15, 0.2) is 22.8 Å². The van der Waals surface area contributed by atoms with Crippen molar-refractivity contribution < 1.29 is 0 Å². The van der Waals surface area contributed by atoms with E-state index >= 15 is 0 Å². The fourth-order valence-electron chi connectivity index (χ4n) is 2.72. The Balaban J connectivity index is 1.87. The van der Waals surface area contributed by atoms with Gasteiger partial charge in [0.2, 0.25) is 0 Å². The number of likely N-dealkylation sites (N-methyl/N-ethyl adjacent to an activating group) is 1. The van der Waals surface area contributed by atoms with Crippen molar-refractivity contribution in [1.82, 2.24) is 14.8 Å². The van der Waals surface area contributed by atoms with Crippen LogP contribution in [0.3, 0.4) is 0 Å². The Morgan fingerprint density at radius 3 is 2.78 bits per heavy atom. The van der Waals surface area contributed by atoms with Gasteiger partial charge in [-0.25, -0.2) is 0 Å². The zero-order chi connectivity index (χ0) is 13.0. The quantitative estimate of drug-likeness (QED) is 0.833. The molecule has 4 heteroatoms. The lowest BCUT2D eigenvalue weighted by Gasteiger charge is -2.26. The van der Waals surface area contributed by atoms with E-state index in [0.717, 1.165) is 30.1 Å². The first-order valence-electron chi connectivity index (χ1n) is 6.79. The van der Waals surface area contributed by atoms with Crippen molar-refractivity contribution in [1.29, 1.82) is 0 Å². The van der Waals surface area contributed by atoms with Gasteiger partial charge in [-0.1, -0.05) is 13.8 Å². The summed E-state index contributed by atoms with van der Waals surface area (Å²) in [5.74, 6) is 0. The topological polar surface area (TPSA) is 19.4 Å². The lowest BCUT2D eigenvalue weighted by Crippen LogP contribution is -2.37. The summed E-state index contributed by atoms with van der Waals surface area (Å²) in [6.45, 7) is 10.2. The number of likely N-dealkylation sites (tertiary alicyclic amines) is 1. The zero-order valence-electron chi connectivity index (χ0n) is 11.3. The van der Waals surface area contributed by atoms with E-state index in [1.807, 2.05) is 6.20 Å². The molecule has 0 aromatic carbocycles. The maximum Gasteiger partial charge on any atom is 0.0544 e. The van der Waals surface area contributed by atoms with Crippen molar-refractivity contribution in [3.05, 3.63) is 28.5 Å². The van der Waals surface area contributed by atoms with E-state index in [0.29, 0.717) is 0 Å². The van der Waals surface area contributed by atoms with Crippen LogP contribution in [0, 0.1) is 0 Å². The molecule has 0 aliphatic carbocycles. The molecule has 1 atom stereocenters. The monoisotopic (exact) mass is 311 g/mol. The molecule has 0 amide bonds. The van der Waals surface area contributed by atoms with E-state index < -0.39 is 0 Å². The van der Waals surface area contributed by atoms with Gasteiger partial charge in [-0.3, -0.25) is 14.8 Å². The zero-order valence-corrected chi connectivity index (χ0v) is 12.9. The summed E-state index contributed by atoms with van der Waals surface area (Å²) in [5, 5.41) is 0. The summed E-state index contributed by atoms with van der Waals surface area (Å²) < 4.78 is 1.05. The fraction of sp³-hybridized carbons (Fsp3) is 0.643. The van der Waals surface area contributed by atoms with Gasteiger partial charge in [0.1, 0.15) is 0 Å². The van der Waals surface area contributed by atoms with Gasteiger partial charge in [0.15, 0.2) is 0 Å². The molecular formula is C14H22BrN3. The highest BCUT2D eigenvalue weighted by molar-refractivity contribution is 9.10. The molecule has 0 spiro atoms. The second kappa shape index (κ2) is 6.64. The molecule has 1 aromatic rings. The van der Waals surface area contributed by atoms with Gasteiger partial charge in [-0.15, -0.1) is 0 Å². The molecule has 1 fully saturated rings. The normalized spacial score (nSPS) is 20.8. The van der Waals surface area contributed by atoms with Crippen LogP contribution in [0.2, 0.25) is 0 Å². The van der Waals surface area contributed by atoms with E-state index in [2.05, 4.69) is 56.7 Å². The molecule has 1 aliphatic heterocycles. The van der Waals surface area contributed by atoms with E-state index in [9.17, 15) is 0 Å². The third kappa shape index (κ3) is 3.53. The first kappa shape index (κ1) is 14.0. The van der Waals surface area contributed by atoms with Crippen LogP contribution < -0.4 is 0 Å². The molecule has 2 rings (SSSR count). The minimum Gasteiger partial charge on any atom is -0.300 e. The molecule has 1 saturated heterocycles. The number of hydrogen-bond donors (Lipinski definition) is 0. The minimum absolute atomic E-state index is 0.732. The number of hydrogen-bond acceptors (Lipinski definition) is 3. The van der Waals surface area contributed by atoms with Crippen LogP contribution >= 0.6 is 15.9 Å². The second-order valence-electron chi connectivity index (χ2n) is 4.87. The van der Waals surface area contributed by atoms with Gasteiger partial charge < -0.3 is 0 Å². The molecule has 1 aliphatic rings. The molecule has 0 N–H and O–H groups in total. The third-order valence-corrected chi connectivity index (χ3v) is 4.22. The largest absolute Gasteiger partial charge is 0.300 e. The number of nitrogens with zero attached hydrogens (tertiary/aromatic N) is 3. The second-order valence-corrected chi connectivity index (χ2v) is 5.78. The Kier molecular flexibility index (Phi) is 5.15. The van der Waals surface area contributed by atoms with Crippen LogP contribution in [-0.2, 0) is 6.54 Å². The molecule has 0 radical (unpaired) electrons. The van der Waals surface area contributed by atoms with Crippen LogP contribution in [0.5, 0.6) is 0 Å². The summed E-state index contributed by atoms with van der Waals surface area (Å²) in [7, 11) is 0. The number of halogens is 1. The Hall–Kier alpha value is -0.450. The van der Waals surface area contributed by atoms with Crippen LogP contribution in [0.25, 0.3) is 0 Å². The van der Waals surface area contributed by atoms with Gasteiger partial charge in [-0.05, 0) is 47.6 Å². The minimum atomic E-state index is 0.732. The maximum absolute atomic E-state index is 4.45. The molecule has 3 nitrogen and oxygen atoms in total. The summed E-state index contributed by atoms with van der Waals surface area (Å²) in [4.78, 5) is 9.53. The van der Waals surface area contributed by atoms with Crippen LogP contribution in [0.1, 0.15) is 26.0 Å². The Morgan fingerprint density at radius 2 is 2.17 bits per heavy atom. The molecule has 1 unspecified atom stereocenters. The summed E-state index contributed by atoms with van der Waals surface area (Å²) >= 11 is 3.42. The number of aromatic nitrogens is 1. The van der Waals surface area contributed by atoms with Crippen molar-refractivity contribution in [2.75, 3.05) is 26.2 Å². The predicted molar refractivity (Wildman–Crippen MR) is 78.5 cm³/mol. The SMILES string of the molecule is CCN(CC)C1CCN(Cc2ccc(Br)cn2)C1. The third-order valence-electron chi connectivity index (χ3n) is 3.75. The smallest absolute Gasteiger partial charge is 0.0544 e. The van der Waals surface area contributed by atoms with E-state index in [-0.39, 0.29) is 0 Å². The van der Waals surface area contributed by atoms with Crippen LogP contribution in [0.4, 0.5) is 0 Å². The first-order chi connectivity index (χ1) is 8.72. The van der Waals surface area contributed by atoms with Crippen molar-refractivity contribution in [3.8, 4) is 0 Å². The lowest BCUT2D eigenvalue weighted by atomic mass is 10.2. The van der Waals surface area contributed by atoms with Crippen molar-refractivity contribution in [2.45, 2.75) is 32.9 Å². The van der Waals surface area contributed by atoms with E-state index in [4.69, 9.17) is 0 Å². The predicted octanol–water partition coefficient (Wildman–Crippen LogP) is 2.76. The van der Waals surface area contributed by atoms with E-state index in [1.54, 1.807) is 0 Å². The molecule has 1 aromatic heterocycles. The first-order valence-corrected chi connectivity index (χ1v) is 7.59. The highest BCUT2D eigenvalue weighted by Gasteiger charge is 2.26. The molecule has 100 valence electrons. The number of rotatable bonds is 5. The van der Waals surface area contributed by atoms with E-state index in [1.165, 1.54) is 25.2 Å². The van der Waals surface area contributed by atoms with Gasteiger partial charge >= 0.3 is 0 Å². The highest BCUT2D eigenvalue weighted by atomic mass is 79.9. The Labute approximate surface area is 118 Å². The molecular weight excluding hydrogens is 290 g/mol. The van der Waals surface area contributed by atoms with Gasteiger partial charge in [-0.2, -0.15) is 0 Å². The molecule has 0 saturated carbocycles. The average molecular weight is 312 g/mol. The Morgan fingerprint density at radius 1 is 1.39 bits per heavy atom. The molecule has 2 heterocycles. The van der Waals surface area contributed by atoms with Crippen molar-refractivity contribution >= 4 is 15.9 Å². The average Bonchev–Trinajstić information content (AvgIpc) is 2.82. The summed E-state index contributed by atoms with van der Waals surface area (Å²) in [6.07, 6.45) is 3.17. The van der Waals surface area contributed by atoms with Crippen molar-refractivity contribution in [3.63, 3.8) is 0 Å². The maximum atomic E-state index is 4.45. The fourth-order valence-corrected chi connectivity index (χ4v) is 2.96. The molecule has 18 heavy (non-hydrogen) atoms. The van der Waals surface area contributed by atoms with Crippen LogP contribution in [-0.4, -0.2) is 47.0 Å². The van der Waals surface area contributed by atoms with Crippen molar-refractivity contribution in [2.24, 2.45) is 0 Å².